The first-order chi connectivity index (χ1) is 15.8. The Hall–Kier alpha value is -4.25. The lowest BCUT2D eigenvalue weighted by atomic mass is 10.2. The molecule has 0 radical (unpaired) electrons. The number of carbonyl (C=O) groups excluding carboxylic acids is 1. The van der Waals surface area contributed by atoms with Crippen LogP contribution in [0.15, 0.2) is 76.4 Å². The molecule has 0 saturated heterocycles. The van der Waals surface area contributed by atoms with Crippen molar-refractivity contribution in [2.45, 2.75) is 18.7 Å². The maximum atomic E-state index is 12.7. The molecule has 0 unspecified atom stereocenters. The third-order valence-corrected chi connectivity index (χ3v) is 6.20. The third-order valence-electron chi connectivity index (χ3n) is 4.68. The number of rotatable bonds is 7. The fraction of sp³-hybridized carbons (Fsp3) is 0.0909. The van der Waals surface area contributed by atoms with E-state index in [1.807, 2.05) is 13.0 Å². The van der Waals surface area contributed by atoms with Gasteiger partial charge >= 0.3 is 6.01 Å². The quantitative estimate of drug-likeness (QED) is 0.354. The van der Waals surface area contributed by atoms with Gasteiger partial charge in [-0.05, 0) is 67.4 Å². The van der Waals surface area contributed by atoms with Crippen LogP contribution in [0.5, 0.6) is 0 Å². The fourth-order valence-corrected chi connectivity index (χ4v) is 4.36. The number of carbonyl (C=O) groups is 1. The van der Waals surface area contributed by atoms with Gasteiger partial charge in [-0.2, -0.15) is 4.98 Å². The van der Waals surface area contributed by atoms with Crippen LogP contribution in [0.4, 0.5) is 11.7 Å². The zero-order chi connectivity index (χ0) is 23.4. The topological polar surface area (TPSA) is 139 Å². The number of pyridine rings is 1. The molecule has 2 aromatic carbocycles. The zero-order valence-electron chi connectivity index (χ0n) is 17.7. The van der Waals surface area contributed by atoms with E-state index in [0.717, 1.165) is 5.56 Å². The molecule has 0 spiro atoms. The molecule has 33 heavy (non-hydrogen) atoms. The number of sulfonamides is 1. The molecule has 0 bridgehead atoms. The van der Waals surface area contributed by atoms with E-state index in [0.29, 0.717) is 28.2 Å². The Morgan fingerprint density at radius 3 is 2.42 bits per heavy atom. The van der Waals surface area contributed by atoms with Crippen molar-refractivity contribution in [2.24, 2.45) is 0 Å². The van der Waals surface area contributed by atoms with E-state index < -0.39 is 15.9 Å². The van der Waals surface area contributed by atoms with Crippen LogP contribution < -0.4 is 15.6 Å². The molecule has 0 fully saturated rings. The van der Waals surface area contributed by atoms with E-state index in [1.54, 1.807) is 43.6 Å². The number of nitrogens with zero attached hydrogens (tertiary/aromatic N) is 3. The van der Waals surface area contributed by atoms with Gasteiger partial charge < -0.3 is 4.52 Å². The highest BCUT2D eigenvalue weighted by atomic mass is 32.2. The average Bonchev–Trinajstić information content (AvgIpc) is 3.29. The summed E-state index contributed by atoms with van der Waals surface area (Å²) in [5.41, 5.74) is 7.83. The number of hydrogen-bond donors (Lipinski definition) is 3. The van der Waals surface area contributed by atoms with Gasteiger partial charge in [-0.1, -0.05) is 17.3 Å². The summed E-state index contributed by atoms with van der Waals surface area (Å²) < 4.78 is 33.0. The molecule has 0 aliphatic rings. The van der Waals surface area contributed by atoms with Gasteiger partial charge in [0.15, 0.2) is 0 Å². The molecule has 2 aromatic heterocycles. The van der Waals surface area contributed by atoms with Crippen LogP contribution >= 0.6 is 0 Å². The summed E-state index contributed by atoms with van der Waals surface area (Å²) in [6.45, 7) is 3.56. The molecule has 0 atom stereocenters. The molecule has 4 rings (SSSR count). The monoisotopic (exact) mass is 464 g/mol. The molecule has 168 valence electrons. The number of benzene rings is 2. The number of nitrogens with one attached hydrogen (secondary N) is 3. The number of hydrogen-bond acceptors (Lipinski definition) is 8. The van der Waals surface area contributed by atoms with Gasteiger partial charge in [0.05, 0.1) is 4.90 Å². The van der Waals surface area contributed by atoms with Gasteiger partial charge in [0.1, 0.15) is 0 Å². The summed E-state index contributed by atoms with van der Waals surface area (Å²) in [4.78, 5) is 20.6. The predicted octanol–water partition coefficient (Wildman–Crippen LogP) is 3.31. The van der Waals surface area contributed by atoms with Gasteiger partial charge in [-0.3, -0.25) is 19.9 Å². The Balaban J connectivity index is 1.38. The first kappa shape index (κ1) is 22.0. The van der Waals surface area contributed by atoms with Gasteiger partial charge in [0, 0.05) is 29.2 Å². The lowest BCUT2D eigenvalue weighted by Gasteiger charge is -2.11. The van der Waals surface area contributed by atoms with Crippen molar-refractivity contribution in [2.75, 3.05) is 10.1 Å². The summed E-state index contributed by atoms with van der Waals surface area (Å²) in [5.74, 6) is -0.128. The average molecular weight is 465 g/mol. The van der Waals surface area contributed by atoms with Gasteiger partial charge in [-0.25, -0.2) is 13.8 Å². The summed E-state index contributed by atoms with van der Waals surface area (Å²) >= 11 is 0. The molecule has 2 heterocycles. The second-order valence-corrected chi connectivity index (χ2v) is 8.84. The van der Waals surface area contributed by atoms with Crippen molar-refractivity contribution < 1.29 is 17.7 Å². The Labute approximate surface area is 190 Å². The number of anilines is 2. The summed E-state index contributed by atoms with van der Waals surface area (Å²) in [5, 5.41) is 3.83. The van der Waals surface area contributed by atoms with Crippen LogP contribution in [0.2, 0.25) is 0 Å². The van der Waals surface area contributed by atoms with E-state index in [2.05, 4.69) is 30.7 Å². The molecule has 1 amide bonds. The SMILES string of the molecule is Cc1ccc(C)c(S(=O)(=O)Nc2ccc(C(=O)NNc3nc(-c4ccncc4)no3)cc2)c1. The van der Waals surface area contributed by atoms with Crippen LogP contribution in [0, 0.1) is 13.8 Å². The lowest BCUT2D eigenvalue weighted by Crippen LogP contribution is -2.29. The molecular formula is C22H20N6O4S. The van der Waals surface area contributed by atoms with Crippen molar-refractivity contribution in [3.63, 3.8) is 0 Å². The number of amides is 1. The second kappa shape index (κ2) is 9.09. The first-order valence-electron chi connectivity index (χ1n) is 9.82. The van der Waals surface area contributed by atoms with Crippen molar-refractivity contribution >= 4 is 27.6 Å². The predicted molar refractivity (Wildman–Crippen MR) is 122 cm³/mol. The molecule has 0 aliphatic carbocycles. The smallest absolute Gasteiger partial charge is 0.313 e. The molecule has 0 aliphatic heterocycles. The maximum Gasteiger partial charge on any atom is 0.340 e. The number of hydrazine groups is 1. The van der Waals surface area contributed by atoms with Crippen LogP contribution in [-0.4, -0.2) is 29.4 Å². The Morgan fingerprint density at radius 1 is 0.970 bits per heavy atom. The fourth-order valence-electron chi connectivity index (χ4n) is 2.97. The van der Waals surface area contributed by atoms with Crippen molar-refractivity contribution in [3.05, 3.63) is 83.7 Å². The minimum atomic E-state index is -3.76. The van der Waals surface area contributed by atoms with Crippen LogP contribution in [0.3, 0.4) is 0 Å². The third kappa shape index (κ3) is 5.15. The van der Waals surface area contributed by atoms with E-state index in [-0.39, 0.29) is 10.9 Å². The van der Waals surface area contributed by atoms with E-state index in [4.69, 9.17) is 4.52 Å². The minimum absolute atomic E-state index is 0.00747. The van der Waals surface area contributed by atoms with Gasteiger partial charge in [0.2, 0.25) is 5.82 Å². The molecule has 10 nitrogen and oxygen atoms in total. The standard InChI is InChI=1S/C22H20N6O4S/c1-14-3-4-15(2)19(13-14)33(30,31)28-18-7-5-17(6-8-18)21(29)25-26-22-24-20(27-32-22)16-9-11-23-12-10-16/h3-13,28H,1-2H3,(H,25,29)(H,24,26,27). The Kier molecular flexibility index (Phi) is 6.05. The van der Waals surface area contributed by atoms with Crippen LogP contribution in [0.25, 0.3) is 11.4 Å². The normalized spacial score (nSPS) is 11.1. The molecular weight excluding hydrogens is 444 g/mol. The van der Waals surface area contributed by atoms with Crippen LogP contribution in [-0.2, 0) is 10.0 Å². The molecule has 11 heteroatoms. The summed E-state index contributed by atoms with van der Waals surface area (Å²) in [7, 11) is -3.76. The van der Waals surface area contributed by atoms with Crippen molar-refractivity contribution in [1.82, 2.24) is 20.6 Å². The first-order valence-corrected chi connectivity index (χ1v) is 11.3. The number of aromatic nitrogens is 3. The van der Waals surface area contributed by atoms with E-state index in [1.165, 1.54) is 24.3 Å². The van der Waals surface area contributed by atoms with E-state index >= 15 is 0 Å². The van der Waals surface area contributed by atoms with Gasteiger partial charge in [-0.15, -0.1) is 0 Å². The number of aryl methyl sites for hydroxylation is 2. The highest BCUT2D eigenvalue weighted by Crippen LogP contribution is 2.21. The highest BCUT2D eigenvalue weighted by Gasteiger charge is 2.17. The Bertz CT molecular complexity index is 1390. The summed E-state index contributed by atoms with van der Waals surface area (Å²) in [6, 6.07) is 14.7. The molecule has 4 aromatic rings. The highest BCUT2D eigenvalue weighted by molar-refractivity contribution is 7.92. The lowest BCUT2D eigenvalue weighted by molar-refractivity contribution is 0.0961. The van der Waals surface area contributed by atoms with Crippen molar-refractivity contribution in [3.8, 4) is 11.4 Å². The van der Waals surface area contributed by atoms with Crippen LogP contribution in [0.1, 0.15) is 21.5 Å². The van der Waals surface area contributed by atoms with Crippen molar-refractivity contribution in [1.29, 1.82) is 0 Å². The molecule has 3 N–H and O–H groups in total. The maximum absolute atomic E-state index is 12.7. The molecule has 0 saturated carbocycles. The second-order valence-electron chi connectivity index (χ2n) is 7.19. The van der Waals surface area contributed by atoms with Gasteiger partial charge in [0.25, 0.3) is 15.9 Å². The largest absolute Gasteiger partial charge is 0.340 e. The zero-order valence-corrected chi connectivity index (χ0v) is 18.6. The minimum Gasteiger partial charge on any atom is -0.313 e. The van der Waals surface area contributed by atoms with E-state index in [9.17, 15) is 13.2 Å². The Morgan fingerprint density at radius 2 is 1.70 bits per heavy atom. The summed E-state index contributed by atoms with van der Waals surface area (Å²) in [6.07, 6.45) is 3.21.